The van der Waals surface area contributed by atoms with Crippen molar-refractivity contribution in [1.82, 2.24) is 19.8 Å². The Balaban J connectivity index is 1.39. The largest absolute Gasteiger partial charge is 0.454 e. The minimum Gasteiger partial charge on any atom is -0.454 e. The molecule has 10 heteroatoms. The number of anilines is 2. The molecule has 1 N–H and O–H groups in total. The van der Waals surface area contributed by atoms with Crippen LogP contribution in [0.1, 0.15) is 17.4 Å². The molecular formula is C19H21N5O5. The molecule has 3 heterocycles. The summed E-state index contributed by atoms with van der Waals surface area (Å²) < 4.78 is 15.7. The molecule has 0 spiro atoms. The summed E-state index contributed by atoms with van der Waals surface area (Å²) in [6, 6.07) is 6.97. The van der Waals surface area contributed by atoms with E-state index in [-0.39, 0.29) is 24.5 Å². The number of hydrogen-bond acceptors (Lipinski definition) is 8. The van der Waals surface area contributed by atoms with E-state index in [1.165, 1.54) is 6.20 Å². The van der Waals surface area contributed by atoms with Crippen LogP contribution in [0.2, 0.25) is 0 Å². The van der Waals surface area contributed by atoms with Crippen LogP contribution < -0.4 is 14.8 Å². The summed E-state index contributed by atoms with van der Waals surface area (Å²) in [7, 11) is 0. The van der Waals surface area contributed by atoms with Crippen LogP contribution in [0.3, 0.4) is 0 Å². The third-order valence-corrected chi connectivity index (χ3v) is 4.60. The molecular weight excluding hydrogens is 378 g/mol. The minimum absolute atomic E-state index is 0.197. The van der Waals surface area contributed by atoms with Crippen molar-refractivity contribution in [3.8, 4) is 11.5 Å². The summed E-state index contributed by atoms with van der Waals surface area (Å²) in [5.41, 5.74) is 1.01. The van der Waals surface area contributed by atoms with Gasteiger partial charge in [0, 0.05) is 44.1 Å². The predicted molar refractivity (Wildman–Crippen MR) is 102 cm³/mol. The first-order valence-corrected chi connectivity index (χ1v) is 9.34. The molecule has 1 aromatic carbocycles. The molecule has 29 heavy (non-hydrogen) atoms. The molecule has 1 aromatic heterocycles. The highest BCUT2D eigenvalue weighted by molar-refractivity contribution is 5.92. The van der Waals surface area contributed by atoms with Crippen molar-refractivity contribution in [3.63, 3.8) is 0 Å². The fourth-order valence-corrected chi connectivity index (χ4v) is 3.11. The lowest BCUT2D eigenvalue weighted by molar-refractivity contribution is 0.0566. The summed E-state index contributed by atoms with van der Waals surface area (Å²) >= 11 is 0. The lowest BCUT2D eigenvalue weighted by Crippen LogP contribution is -2.50. The Bertz CT molecular complexity index is 914. The second-order valence-corrected chi connectivity index (χ2v) is 6.44. The molecule has 0 aliphatic carbocycles. The van der Waals surface area contributed by atoms with E-state index in [1.807, 2.05) is 6.07 Å². The standard InChI is InChI=1S/C19H21N5O5/c1-2-27-19(26)24-9-7-23(8-10-24)17(25)14-5-6-20-18(22-14)21-13-3-4-15-16(11-13)29-12-28-15/h3-6,11H,2,7-10,12H2,1H3,(H,20,21,22). The van der Waals surface area contributed by atoms with Crippen molar-refractivity contribution in [3.05, 3.63) is 36.2 Å². The average molecular weight is 399 g/mol. The molecule has 10 nitrogen and oxygen atoms in total. The van der Waals surface area contributed by atoms with Crippen molar-refractivity contribution in [2.24, 2.45) is 0 Å². The van der Waals surface area contributed by atoms with Gasteiger partial charge in [0.05, 0.1) is 6.61 Å². The van der Waals surface area contributed by atoms with Gasteiger partial charge in [-0.2, -0.15) is 0 Å². The molecule has 1 saturated heterocycles. The van der Waals surface area contributed by atoms with E-state index in [0.717, 1.165) is 5.69 Å². The number of carbonyl (C=O) groups is 2. The maximum Gasteiger partial charge on any atom is 0.409 e. The van der Waals surface area contributed by atoms with Gasteiger partial charge in [0.15, 0.2) is 11.5 Å². The maximum atomic E-state index is 12.8. The van der Waals surface area contributed by atoms with Crippen molar-refractivity contribution >= 4 is 23.6 Å². The zero-order chi connectivity index (χ0) is 20.2. The quantitative estimate of drug-likeness (QED) is 0.830. The number of amides is 2. The second-order valence-electron chi connectivity index (χ2n) is 6.44. The summed E-state index contributed by atoms with van der Waals surface area (Å²) in [5.74, 6) is 1.42. The highest BCUT2D eigenvalue weighted by Gasteiger charge is 2.26. The van der Waals surface area contributed by atoms with Gasteiger partial charge in [-0.15, -0.1) is 0 Å². The molecule has 152 valence electrons. The fourth-order valence-electron chi connectivity index (χ4n) is 3.11. The van der Waals surface area contributed by atoms with E-state index in [0.29, 0.717) is 50.2 Å². The van der Waals surface area contributed by atoms with E-state index in [1.54, 1.807) is 34.9 Å². The van der Waals surface area contributed by atoms with Crippen molar-refractivity contribution in [1.29, 1.82) is 0 Å². The van der Waals surface area contributed by atoms with E-state index in [9.17, 15) is 9.59 Å². The average Bonchev–Trinajstić information content (AvgIpc) is 3.21. The predicted octanol–water partition coefficient (Wildman–Crippen LogP) is 1.86. The lowest BCUT2D eigenvalue weighted by atomic mass is 10.2. The Labute approximate surface area is 167 Å². The third kappa shape index (κ3) is 4.15. The van der Waals surface area contributed by atoms with Gasteiger partial charge in [0.25, 0.3) is 5.91 Å². The van der Waals surface area contributed by atoms with E-state index >= 15 is 0 Å². The molecule has 2 aliphatic rings. The van der Waals surface area contributed by atoms with Crippen LogP contribution >= 0.6 is 0 Å². The van der Waals surface area contributed by atoms with Gasteiger partial charge in [-0.25, -0.2) is 14.8 Å². The zero-order valence-electron chi connectivity index (χ0n) is 16.0. The summed E-state index contributed by atoms with van der Waals surface area (Å²) in [4.78, 5) is 36.4. The first kappa shape index (κ1) is 18.8. The first-order chi connectivity index (χ1) is 14.1. The van der Waals surface area contributed by atoms with Crippen LogP contribution in [0, 0.1) is 0 Å². The Morgan fingerprint density at radius 2 is 1.86 bits per heavy atom. The van der Waals surface area contributed by atoms with Gasteiger partial charge in [-0.05, 0) is 25.1 Å². The molecule has 0 saturated carbocycles. The van der Waals surface area contributed by atoms with Crippen molar-refractivity contribution in [2.45, 2.75) is 6.92 Å². The van der Waals surface area contributed by atoms with Crippen LogP contribution in [0.4, 0.5) is 16.4 Å². The Morgan fingerprint density at radius 1 is 1.10 bits per heavy atom. The van der Waals surface area contributed by atoms with E-state index in [4.69, 9.17) is 14.2 Å². The molecule has 0 atom stereocenters. The van der Waals surface area contributed by atoms with E-state index < -0.39 is 0 Å². The van der Waals surface area contributed by atoms with Gasteiger partial charge >= 0.3 is 6.09 Å². The summed E-state index contributed by atoms with van der Waals surface area (Å²) in [5, 5.41) is 3.07. The SMILES string of the molecule is CCOC(=O)N1CCN(C(=O)c2ccnc(Nc3ccc4c(c3)OCO4)n2)CC1. The normalized spacial score (nSPS) is 15.2. The van der Waals surface area contributed by atoms with Crippen molar-refractivity contribution in [2.75, 3.05) is 44.9 Å². The topological polar surface area (TPSA) is 106 Å². The second kappa shape index (κ2) is 8.21. The molecule has 2 aliphatic heterocycles. The van der Waals surface area contributed by atoms with Crippen LogP contribution in [0.5, 0.6) is 11.5 Å². The number of aromatic nitrogens is 2. The monoisotopic (exact) mass is 399 g/mol. The molecule has 2 amide bonds. The number of rotatable bonds is 4. The lowest BCUT2D eigenvalue weighted by Gasteiger charge is -2.33. The van der Waals surface area contributed by atoms with Crippen LogP contribution in [0.25, 0.3) is 0 Å². The Morgan fingerprint density at radius 3 is 2.66 bits per heavy atom. The van der Waals surface area contributed by atoms with Crippen LogP contribution in [-0.4, -0.2) is 71.3 Å². The number of ether oxygens (including phenoxy) is 3. The number of nitrogens with one attached hydrogen (secondary N) is 1. The molecule has 0 bridgehead atoms. The van der Waals surface area contributed by atoms with Gasteiger partial charge < -0.3 is 29.3 Å². The Hall–Kier alpha value is -3.56. The van der Waals surface area contributed by atoms with Gasteiger partial charge in [-0.1, -0.05) is 0 Å². The molecule has 1 fully saturated rings. The van der Waals surface area contributed by atoms with Gasteiger partial charge in [-0.3, -0.25) is 4.79 Å². The molecule has 0 radical (unpaired) electrons. The third-order valence-electron chi connectivity index (χ3n) is 4.60. The number of benzene rings is 1. The van der Waals surface area contributed by atoms with Crippen LogP contribution in [0.15, 0.2) is 30.5 Å². The number of fused-ring (bicyclic) bond motifs is 1. The summed E-state index contributed by atoms with van der Waals surface area (Å²) in [6.45, 7) is 4.00. The number of hydrogen-bond donors (Lipinski definition) is 1. The number of nitrogens with zero attached hydrogens (tertiary/aromatic N) is 4. The zero-order valence-corrected chi connectivity index (χ0v) is 16.0. The highest BCUT2D eigenvalue weighted by atomic mass is 16.7. The molecule has 2 aromatic rings. The molecule has 0 unspecified atom stereocenters. The number of carbonyl (C=O) groups excluding carboxylic acids is 2. The number of piperazine rings is 1. The smallest absolute Gasteiger partial charge is 0.409 e. The Kier molecular flexibility index (Phi) is 5.32. The minimum atomic E-state index is -0.350. The highest BCUT2D eigenvalue weighted by Crippen LogP contribution is 2.34. The first-order valence-electron chi connectivity index (χ1n) is 9.34. The maximum absolute atomic E-state index is 12.8. The van der Waals surface area contributed by atoms with Gasteiger partial charge in [0.2, 0.25) is 12.7 Å². The van der Waals surface area contributed by atoms with Gasteiger partial charge in [0.1, 0.15) is 5.69 Å². The van der Waals surface area contributed by atoms with Crippen LogP contribution in [-0.2, 0) is 4.74 Å². The summed E-state index contributed by atoms with van der Waals surface area (Å²) in [6.07, 6.45) is 1.18. The van der Waals surface area contributed by atoms with E-state index in [2.05, 4.69) is 15.3 Å². The molecule has 4 rings (SSSR count). The fraction of sp³-hybridized carbons (Fsp3) is 0.368. The van der Waals surface area contributed by atoms with Crippen molar-refractivity contribution < 1.29 is 23.8 Å².